The van der Waals surface area contributed by atoms with E-state index in [1.807, 2.05) is 0 Å². The Morgan fingerprint density at radius 3 is 2.36 bits per heavy atom. The molecule has 0 aliphatic carbocycles. The predicted molar refractivity (Wildman–Crippen MR) is 87.5 cm³/mol. The highest BCUT2D eigenvalue weighted by molar-refractivity contribution is 6.56. The average molecular weight is 346 g/mol. The maximum absolute atomic E-state index is 12.0. The van der Waals surface area contributed by atoms with E-state index in [0.717, 1.165) is 32.2 Å². The molecule has 1 unspecified atom stereocenters. The first-order chi connectivity index (χ1) is 10.5. The van der Waals surface area contributed by atoms with Gasteiger partial charge < -0.3 is 10.6 Å². The topological polar surface area (TPSA) is 66.6 Å². The minimum absolute atomic E-state index is 0.0443. The van der Waals surface area contributed by atoms with Crippen molar-refractivity contribution >= 4 is 35.0 Å². The standard InChI is InChI=1S/C15H21Cl2N3O2/c16-13(17)4-1-5-14(21)19-9-6-11(7-10-19)20-8-2-3-12(20)15(18)22/h1,4-5,11-12H,2-3,6-10H2,(H2,18,22)/b5-1+. The largest absolute Gasteiger partial charge is 0.368 e. The number of nitrogens with two attached hydrogens (primary N) is 1. The fourth-order valence-electron chi connectivity index (χ4n) is 3.26. The molecule has 122 valence electrons. The first-order valence-corrected chi connectivity index (χ1v) is 8.28. The summed E-state index contributed by atoms with van der Waals surface area (Å²) in [5.74, 6) is -0.277. The third kappa shape index (κ3) is 4.48. The van der Waals surface area contributed by atoms with Crippen molar-refractivity contribution in [3.05, 3.63) is 22.7 Å². The second-order valence-electron chi connectivity index (χ2n) is 5.67. The monoisotopic (exact) mass is 345 g/mol. The van der Waals surface area contributed by atoms with Gasteiger partial charge in [-0.05, 0) is 38.3 Å². The summed E-state index contributed by atoms with van der Waals surface area (Å²) in [6, 6.07) is 0.202. The highest BCUT2D eigenvalue weighted by Gasteiger charge is 2.35. The van der Waals surface area contributed by atoms with Crippen LogP contribution in [0.25, 0.3) is 0 Å². The van der Waals surface area contributed by atoms with Crippen LogP contribution >= 0.6 is 23.2 Å². The minimum atomic E-state index is -0.233. The van der Waals surface area contributed by atoms with E-state index in [2.05, 4.69) is 4.90 Å². The van der Waals surface area contributed by atoms with Crippen LogP contribution in [-0.2, 0) is 9.59 Å². The lowest BCUT2D eigenvalue weighted by Gasteiger charge is -2.38. The molecule has 2 aliphatic rings. The van der Waals surface area contributed by atoms with Crippen LogP contribution in [0.5, 0.6) is 0 Å². The number of halogens is 2. The summed E-state index contributed by atoms with van der Waals surface area (Å²) < 4.78 is 0.120. The molecule has 2 heterocycles. The molecule has 22 heavy (non-hydrogen) atoms. The van der Waals surface area contributed by atoms with Gasteiger partial charge in [0, 0.05) is 25.2 Å². The molecule has 0 aromatic rings. The Morgan fingerprint density at radius 1 is 1.09 bits per heavy atom. The van der Waals surface area contributed by atoms with E-state index in [0.29, 0.717) is 19.1 Å². The lowest BCUT2D eigenvalue weighted by molar-refractivity contribution is -0.129. The van der Waals surface area contributed by atoms with Gasteiger partial charge in [0.25, 0.3) is 0 Å². The van der Waals surface area contributed by atoms with Gasteiger partial charge in [0.1, 0.15) is 4.49 Å². The van der Waals surface area contributed by atoms with Crippen molar-refractivity contribution in [3.63, 3.8) is 0 Å². The summed E-state index contributed by atoms with van der Waals surface area (Å²) >= 11 is 11.0. The summed E-state index contributed by atoms with van der Waals surface area (Å²) in [4.78, 5) is 27.5. The van der Waals surface area contributed by atoms with Crippen molar-refractivity contribution in [1.29, 1.82) is 0 Å². The Morgan fingerprint density at radius 2 is 1.77 bits per heavy atom. The van der Waals surface area contributed by atoms with E-state index in [1.54, 1.807) is 11.0 Å². The van der Waals surface area contributed by atoms with Gasteiger partial charge in [0.05, 0.1) is 6.04 Å². The fraction of sp³-hybridized carbons (Fsp3) is 0.600. The molecule has 1 atom stereocenters. The lowest BCUT2D eigenvalue weighted by Crippen LogP contribution is -2.51. The van der Waals surface area contributed by atoms with Gasteiger partial charge in [-0.3, -0.25) is 14.5 Å². The van der Waals surface area contributed by atoms with Crippen LogP contribution in [0.4, 0.5) is 0 Å². The Hall–Kier alpha value is -1.04. The lowest BCUT2D eigenvalue weighted by atomic mass is 10.0. The summed E-state index contributed by atoms with van der Waals surface area (Å²) in [5, 5.41) is 0. The number of piperidine rings is 1. The molecule has 0 saturated carbocycles. The zero-order chi connectivity index (χ0) is 16.1. The SMILES string of the molecule is NC(=O)C1CCCN1C1CCN(C(=O)/C=C/C=C(Cl)Cl)CC1. The third-order valence-corrected chi connectivity index (χ3v) is 4.58. The summed E-state index contributed by atoms with van der Waals surface area (Å²) in [5.41, 5.74) is 5.47. The van der Waals surface area contributed by atoms with Gasteiger partial charge in [0.2, 0.25) is 11.8 Å². The first-order valence-electron chi connectivity index (χ1n) is 7.52. The maximum Gasteiger partial charge on any atom is 0.246 e. The summed E-state index contributed by atoms with van der Waals surface area (Å²) in [7, 11) is 0. The van der Waals surface area contributed by atoms with Crippen LogP contribution in [0.15, 0.2) is 22.7 Å². The van der Waals surface area contributed by atoms with Crippen molar-refractivity contribution < 1.29 is 9.59 Å². The summed E-state index contributed by atoms with van der Waals surface area (Å²) in [6.07, 6.45) is 8.09. The highest BCUT2D eigenvalue weighted by Crippen LogP contribution is 2.26. The number of rotatable bonds is 4. The smallest absolute Gasteiger partial charge is 0.246 e. The maximum atomic E-state index is 12.0. The summed E-state index contributed by atoms with van der Waals surface area (Å²) in [6.45, 7) is 2.30. The second kappa shape index (κ2) is 7.99. The average Bonchev–Trinajstić information content (AvgIpc) is 2.96. The molecule has 2 N–H and O–H groups in total. The number of allylic oxidation sites excluding steroid dienone is 2. The number of likely N-dealkylation sites (tertiary alicyclic amines) is 2. The van der Waals surface area contributed by atoms with Crippen molar-refractivity contribution in [3.8, 4) is 0 Å². The molecule has 2 fully saturated rings. The molecule has 0 radical (unpaired) electrons. The predicted octanol–water partition coefficient (Wildman–Crippen LogP) is 1.80. The number of carbonyl (C=O) groups excluding carboxylic acids is 2. The van der Waals surface area contributed by atoms with Gasteiger partial charge in [-0.25, -0.2) is 0 Å². The normalized spacial score (nSPS) is 23.9. The van der Waals surface area contributed by atoms with Crippen LogP contribution in [0.1, 0.15) is 25.7 Å². The van der Waals surface area contributed by atoms with Gasteiger partial charge in [-0.15, -0.1) is 0 Å². The highest BCUT2D eigenvalue weighted by atomic mass is 35.5. The zero-order valence-corrected chi connectivity index (χ0v) is 13.9. The number of hydrogen-bond donors (Lipinski definition) is 1. The first kappa shape index (κ1) is 17.3. The molecule has 0 bridgehead atoms. The molecule has 5 nitrogen and oxygen atoms in total. The quantitative estimate of drug-likeness (QED) is 0.624. The molecule has 7 heteroatoms. The molecule has 2 aliphatic heterocycles. The Kier molecular flexibility index (Phi) is 6.29. The Labute approximate surface area is 140 Å². The van der Waals surface area contributed by atoms with Crippen molar-refractivity contribution in [2.45, 2.75) is 37.8 Å². The number of carbonyl (C=O) groups is 2. The van der Waals surface area contributed by atoms with E-state index in [4.69, 9.17) is 28.9 Å². The van der Waals surface area contributed by atoms with E-state index in [-0.39, 0.29) is 22.3 Å². The third-order valence-electron chi connectivity index (χ3n) is 4.33. The molecule has 0 spiro atoms. The van der Waals surface area contributed by atoms with E-state index in [9.17, 15) is 9.59 Å². The molecular formula is C15H21Cl2N3O2. The van der Waals surface area contributed by atoms with E-state index < -0.39 is 0 Å². The van der Waals surface area contributed by atoms with Gasteiger partial charge in [0.15, 0.2) is 0 Å². The number of amides is 2. The van der Waals surface area contributed by atoms with Crippen LogP contribution < -0.4 is 5.73 Å². The van der Waals surface area contributed by atoms with Crippen LogP contribution in [-0.4, -0.2) is 53.3 Å². The van der Waals surface area contributed by atoms with Gasteiger partial charge in [-0.1, -0.05) is 29.3 Å². The molecule has 0 aromatic carbocycles. The number of primary amides is 1. The van der Waals surface area contributed by atoms with E-state index in [1.165, 1.54) is 12.2 Å². The number of nitrogens with zero attached hydrogens (tertiary/aromatic N) is 2. The van der Waals surface area contributed by atoms with E-state index >= 15 is 0 Å². The molecule has 0 aromatic heterocycles. The van der Waals surface area contributed by atoms with Crippen LogP contribution in [0.3, 0.4) is 0 Å². The zero-order valence-electron chi connectivity index (χ0n) is 12.4. The number of hydrogen-bond acceptors (Lipinski definition) is 3. The second-order valence-corrected chi connectivity index (χ2v) is 6.68. The molecule has 2 rings (SSSR count). The van der Waals surface area contributed by atoms with Crippen molar-refractivity contribution in [2.75, 3.05) is 19.6 Å². The Bertz CT molecular complexity index is 481. The molecule has 2 saturated heterocycles. The van der Waals surface area contributed by atoms with Gasteiger partial charge >= 0.3 is 0 Å². The fourth-order valence-corrected chi connectivity index (χ4v) is 3.40. The minimum Gasteiger partial charge on any atom is -0.368 e. The molecular weight excluding hydrogens is 325 g/mol. The van der Waals surface area contributed by atoms with Crippen molar-refractivity contribution in [2.24, 2.45) is 5.73 Å². The van der Waals surface area contributed by atoms with Crippen molar-refractivity contribution in [1.82, 2.24) is 9.80 Å². The van der Waals surface area contributed by atoms with Gasteiger partial charge in [-0.2, -0.15) is 0 Å². The Balaban J connectivity index is 1.85. The van der Waals surface area contributed by atoms with Crippen LogP contribution in [0, 0.1) is 0 Å². The molecule has 2 amide bonds. The van der Waals surface area contributed by atoms with Crippen LogP contribution in [0.2, 0.25) is 0 Å².